The van der Waals surface area contributed by atoms with E-state index in [1.807, 2.05) is 36.4 Å². The van der Waals surface area contributed by atoms with Crippen molar-refractivity contribution in [2.45, 2.75) is 0 Å². The summed E-state index contributed by atoms with van der Waals surface area (Å²) in [7, 11) is 0. The summed E-state index contributed by atoms with van der Waals surface area (Å²) in [5.41, 5.74) is 2.76. The highest BCUT2D eigenvalue weighted by atomic mass is 19.1. The summed E-state index contributed by atoms with van der Waals surface area (Å²) in [4.78, 5) is 13.6. The lowest BCUT2D eigenvalue weighted by molar-refractivity contribution is 0.632. The molecule has 0 aliphatic heterocycles. The van der Waals surface area contributed by atoms with Crippen molar-refractivity contribution >= 4 is 0 Å². The molecule has 3 rings (SSSR count). The molecule has 1 heterocycles. The normalized spacial score (nSPS) is 10.4. The molecule has 98 valence electrons. The van der Waals surface area contributed by atoms with Gasteiger partial charge in [0.2, 0.25) is 5.56 Å². The van der Waals surface area contributed by atoms with E-state index < -0.39 is 0 Å². The number of hydrogen-bond acceptors (Lipinski definition) is 1. The number of hydrogen-bond donors (Lipinski definition) is 1. The van der Waals surface area contributed by atoms with Crippen molar-refractivity contribution in [2.24, 2.45) is 0 Å². The van der Waals surface area contributed by atoms with Crippen molar-refractivity contribution in [1.82, 2.24) is 4.98 Å². The molecule has 1 N–H and O–H groups in total. The zero-order chi connectivity index (χ0) is 13.9. The second-order valence-electron chi connectivity index (χ2n) is 4.50. The highest BCUT2D eigenvalue weighted by molar-refractivity contribution is 5.70. The van der Waals surface area contributed by atoms with Gasteiger partial charge in [0.05, 0.1) is 0 Å². The van der Waals surface area contributed by atoms with Crippen molar-refractivity contribution < 1.29 is 4.39 Å². The SMILES string of the molecule is O=c1ccc(-c2ccc(-c3ccccc3)c(F)c2)c[nH]1. The minimum absolute atomic E-state index is 0.171. The van der Waals surface area contributed by atoms with Gasteiger partial charge in [0.1, 0.15) is 5.82 Å². The molecule has 0 aliphatic carbocycles. The average Bonchev–Trinajstić information content (AvgIpc) is 2.49. The Kier molecular flexibility index (Phi) is 3.17. The van der Waals surface area contributed by atoms with Gasteiger partial charge in [0.25, 0.3) is 0 Å². The Morgan fingerprint density at radius 1 is 0.800 bits per heavy atom. The molecule has 0 unspecified atom stereocenters. The van der Waals surface area contributed by atoms with E-state index in [2.05, 4.69) is 4.98 Å². The van der Waals surface area contributed by atoms with Crippen molar-refractivity contribution in [3.63, 3.8) is 0 Å². The van der Waals surface area contributed by atoms with Crippen molar-refractivity contribution in [3.05, 3.63) is 83.0 Å². The molecule has 0 saturated heterocycles. The van der Waals surface area contributed by atoms with Gasteiger partial charge in [-0.3, -0.25) is 4.79 Å². The van der Waals surface area contributed by atoms with Crippen LogP contribution < -0.4 is 5.56 Å². The summed E-state index contributed by atoms with van der Waals surface area (Å²) in [5.74, 6) is -0.278. The van der Waals surface area contributed by atoms with E-state index in [4.69, 9.17) is 0 Å². The number of pyridine rings is 1. The predicted octanol–water partition coefficient (Wildman–Crippen LogP) is 3.85. The standard InChI is InChI=1S/C17H12FNO/c18-16-10-13(14-7-9-17(20)19-11-14)6-8-15(16)12-4-2-1-3-5-12/h1-11H,(H,19,20). The summed E-state index contributed by atoms with van der Waals surface area (Å²) >= 11 is 0. The van der Waals surface area contributed by atoms with E-state index in [9.17, 15) is 9.18 Å². The van der Waals surface area contributed by atoms with Gasteiger partial charge in [-0.05, 0) is 28.8 Å². The van der Waals surface area contributed by atoms with Crippen LogP contribution >= 0.6 is 0 Å². The molecule has 2 nitrogen and oxygen atoms in total. The number of aromatic nitrogens is 1. The first-order valence-electron chi connectivity index (χ1n) is 6.28. The Morgan fingerprint density at radius 3 is 2.20 bits per heavy atom. The molecule has 20 heavy (non-hydrogen) atoms. The summed E-state index contributed by atoms with van der Waals surface area (Å²) in [6, 6.07) is 17.6. The molecule has 0 saturated carbocycles. The number of halogens is 1. The van der Waals surface area contributed by atoms with Crippen molar-refractivity contribution in [1.29, 1.82) is 0 Å². The van der Waals surface area contributed by atoms with Crippen molar-refractivity contribution in [3.8, 4) is 22.3 Å². The molecule has 0 radical (unpaired) electrons. The molecule has 0 bridgehead atoms. The van der Waals surface area contributed by atoms with Gasteiger partial charge in [-0.25, -0.2) is 4.39 Å². The van der Waals surface area contributed by atoms with Gasteiger partial charge in [-0.2, -0.15) is 0 Å². The first-order chi connectivity index (χ1) is 9.74. The molecular formula is C17H12FNO. The van der Waals surface area contributed by atoms with Gasteiger partial charge in [0.15, 0.2) is 0 Å². The maximum absolute atomic E-state index is 14.2. The van der Waals surface area contributed by atoms with Crippen LogP contribution in [-0.4, -0.2) is 4.98 Å². The van der Waals surface area contributed by atoms with Crippen LogP contribution in [0.25, 0.3) is 22.3 Å². The Morgan fingerprint density at radius 2 is 1.55 bits per heavy atom. The Labute approximate surface area is 115 Å². The number of nitrogens with one attached hydrogen (secondary N) is 1. The van der Waals surface area contributed by atoms with Gasteiger partial charge in [0, 0.05) is 17.8 Å². The summed E-state index contributed by atoms with van der Waals surface area (Å²) in [5, 5.41) is 0. The minimum Gasteiger partial charge on any atom is -0.328 e. The topological polar surface area (TPSA) is 32.9 Å². The summed E-state index contributed by atoms with van der Waals surface area (Å²) < 4.78 is 14.2. The monoisotopic (exact) mass is 265 g/mol. The fourth-order valence-electron chi connectivity index (χ4n) is 2.14. The largest absolute Gasteiger partial charge is 0.328 e. The van der Waals surface area contributed by atoms with Gasteiger partial charge in [-0.15, -0.1) is 0 Å². The fraction of sp³-hybridized carbons (Fsp3) is 0. The number of aromatic amines is 1. The number of benzene rings is 2. The van der Waals surface area contributed by atoms with Crippen molar-refractivity contribution in [2.75, 3.05) is 0 Å². The zero-order valence-electron chi connectivity index (χ0n) is 10.6. The van der Waals surface area contributed by atoms with E-state index in [0.29, 0.717) is 5.56 Å². The lowest BCUT2D eigenvalue weighted by Crippen LogP contribution is -2.01. The molecule has 2 aromatic carbocycles. The second-order valence-corrected chi connectivity index (χ2v) is 4.50. The first-order valence-corrected chi connectivity index (χ1v) is 6.28. The molecule has 3 aromatic rings. The van der Waals surface area contributed by atoms with Crippen LogP contribution in [0, 0.1) is 5.82 Å². The van der Waals surface area contributed by atoms with Gasteiger partial charge >= 0.3 is 0 Å². The Hall–Kier alpha value is -2.68. The lowest BCUT2D eigenvalue weighted by Gasteiger charge is -2.06. The average molecular weight is 265 g/mol. The maximum atomic E-state index is 14.2. The van der Waals surface area contributed by atoms with Crippen LogP contribution in [0.3, 0.4) is 0 Å². The van der Waals surface area contributed by atoms with Crippen LogP contribution in [0.5, 0.6) is 0 Å². The quantitative estimate of drug-likeness (QED) is 0.750. The number of rotatable bonds is 2. The first kappa shape index (κ1) is 12.4. The third kappa shape index (κ3) is 2.38. The molecule has 0 aliphatic rings. The van der Waals surface area contributed by atoms with Gasteiger partial charge in [-0.1, -0.05) is 42.5 Å². The highest BCUT2D eigenvalue weighted by Crippen LogP contribution is 2.27. The molecule has 1 aromatic heterocycles. The lowest BCUT2D eigenvalue weighted by atomic mass is 10.0. The van der Waals surface area contributed by atoms with Crippen LogP contribution in [0.2, 0.25) is 0 Å². The van der Waals surface area contributed by atoms with E-state index >= 15 is 0 Å². The van der Waals surface area contributed by atoms with Crippen LogP contribution in [0.15, 0.2) is 71.7 Å². The molecule has 3 heteroatoms. The van der Waals surface area contributed by atoms with Gasteiger partial charge < -0.3 is 4.98 Å². The zero-order valence-corrected chi connectivity index (χ0v) is 10.6. The van der Waals surface area contributed by atoms with Crippen LogP contribution in [-0.2, 0) is 0 Å². The fourth-order valence-corrected chi connectivity index (χ4v) is 2.14. The van der Waals surface area contributed by atoms with E-state index in [1.54, 1.807) is 18.3 Å². The summed E-state index contributed by atoms with van der Waals surface area (Å²) in [6.07, 6.45) is 1.58. The highest BCUT2D eigenvalue weighted by Gasteiger charge is 2.07. The molecule has 0 atom stereocenters. The molecule has 0 fully saturated rings. The third-order valence-electron chi connectivity index (χ3n) is 3.17. The third-order valence-corrected chi connectivity index (χ3v) is 3.17. The minimum atomic E-state index is -0.278. The molecule has 0 amide bonds. The van der Waals surface area contributed by atoms with Crippen LogP contribution in [0.1, 0.15) is 0 Å². The van der Waals surface area contributed by atoms with E-state index in [-0.39, 0.29) is 11.4 Å². The van der Waals surface area contributed by atoms with Crippen LogP contribution in [0.4, 0.5) is 4.39 Å². The molecule has 0 spiro atoms. The summed E-state index contributed by atoms with van der Waals surface area (Å²) in [6.45, 7) is 0. The second kappa shape index (κ2) is 5.13. The number of H-pyrrole nitrogens is 1. The smallest absolute Gasteiger partial charge is 0.247 e. The Bertz CT molecular complexity index is 773. The maximum Gasteiger partial charge on any atom is 0.247 e. The van der Waals surface area contributed by atoms with E-state index in [0.717, 1.165) is 16.7 Å². The van der Waals surface area contributed by atoms with E-state index in [1.165, 1.54) is 12.1 Å². The predicted molar refractivity (Wildman–Crippen MR) is 77.9 cm³/mol. The molecular weight excluding hydrogens is 253 g/mol. The Balaban J connectivity index is 2.04.